The summed E-state index contributed by atoms with van der Waals surface area (Å²) in [7, 11) is 0. The standard InChI is InChI=1S/C15H11Br2FO/c1-8-3-10(6-11(18)4-8)15(19)12-7-13(16)9(2)5-14(12)17/h3-7H,1-2H3. The van der Waals surface area contributed by atoms with E-state index in [1.165, 1.54) is 12.1 Å². The monoisotopic (exact) mass is 384 g/mol. The Labute approximate surface area is 128 Å². The number of ketones is 1. The van der Waals surface area contributed by atoms with Gasteiger partial charge < -0.3 is 0 Å². The lowest BCUT2D eigenvalue weighted by Crippen LogP contribution is -2.04. The zero-order chi connectivity index (χ0) is 14.2. The van der Waals surface area contributed by atoms with Crippen LogP contribution in [-0.4, -0.2) is 5.78 Å². The summed E-state index contributed by atoms with van der Waals surface area (Å²) in [5.74, 6) is -0.596. The number of benzene rings is 2. The topological polar surface area (TPSA) is 17.1 Å². The predicted molar refractivity (Wildman–Crippen MR) is 81.1 cm³/mol. The number of carbonyl (C=O) groups is 1. The third-order valence-electron chi connectivity index (χ3n) is 2.80. The van der Waals surface area contributed by atoms with Gasteiger partial charge in [0.05, 0.1) is 0 Å². The Morgan fingerprint density at radius 1 is 1.00 bits per heavy atom. The van der Waals surface area contributed by atoms with Gasteiger partial charge in [0.1, 0.15) is 5.82 Å². The van der Waals surface area contributed by atoms with Gasteiger partial charge in [-0.1, -0.05) is 31.9 Å². The lowest BCUT2D eigenvalue weighted by atomic mass is 10.0. The first kappa shape index (κ1) is 14.4. The molecule has 98 valence electrons. The predicted octanol–water partition coefficient (Wildman–Crippen LogP) is 5.20. The van der Waals surface area contributed by atoms with Gasteiger partial charge in [-0.15, -0.1) is 0 Å². The van der Waals surface area contributed by atoms with Crippen molar-refractivity contribution >= 4 is 37.6 Å². The van der Waals surface area contributed by atoms with Crippen LogP contribution < -0.4 is 0 Å². The molecule has 0 N–H and O–H groups in total. The van der Waals surface area contributed by atoms with E-state index < -0.39 is 5.82 Å². The summed E-state index contributed by atoms with van der Waals surface area (Å²) in [6.07, 6.45) is 0. The maximum atomic E-state index is 13.4. The van der Waals surface area contributed by atoms with E-state index in [2.05, 4.69) is 31.9 Å². The summed E-state index contributed by atoms with van der Waals surface area (Å²) in [4.78, 5) is 12.4. The van der Waals surface area contributed by atoms with Gasteiger partial charge in [0, 0.05) is 20.1 Å². The molecule has 2 rings (SSSR count). The fourth-order valence-electron chi connectivity index (χ4n) is 1.84. The molecule has 2 aromatic carbocycles. The Balaban J connectivity index is 2.53. The van der Waals surface area contributed by atoms with Crippen LogP contribution in [0.2, 0.25) is 0 Å². The van der Waals surface area contributed by atoms with Crippen LogP contribution in [0.15, 0.2) is 39.3 Å². The average molecular weight is 386 g/mol. The second-order valence-corrected chi connectivity index (χ2v) is 6.14. The van der Waals surface area contributed by atoms with Crippen LogP contribution in [0.5, 0.6) is 0 Å². The largest absolute Gasteiger partial charge is 0.289 e. The van der Waals surface area contributed by atoms with E-state index in [0.29, 0.717) is 15.6 Å². The molecular formula is C15H11Br2FO. The SMILES string of the molecule is Cc1cc(F)cc(C(=O)c2cc(Br)c(C)cc2Br)c1. The maximum Gasteiger partial charge on any atom is 0.194 e. The number of rotatable bonds is 2. The molecule has 0 aliphatic heterocycles. The molecule has 2 aromatic rings. The van der Waals surface area contributed by atoms with Crippen LogP contribution in [-0.2, 0) is 0 Å². The number of carbonyl (C=O) groups excluding carboxylic acids is 1. The van der Waals surface area contributed by atoms with Crippen molar-refractivity contribution < 1.29 is 9.18 Å². The first-order valence-corrected chi connectivity index (χ1v) is 7.24. The maximum absolute atomic E-state index is 13.4. The van der Waals surface area contributed by atoms with E-state index >= 15 is 0 Å². The molecule has 0 radical (unpaired) electrons. The third kappa shape index (κ3) is 3.12. The van der Waals surface area contributed by atoms with Crippen LogP contribution in [0.25, 0.3) is 0 Å². The zero-order valence-corrected chi connectivity index (χ0v) is 13.6. The molecule has 0 unspecified atom stereocenters. The quantitative estimate of drug-likeness (QED) is 0.649. The van der Waals surface area contributed by atoms with E-state index in [1.54, 1.807) is 19.1 Å². The fraction of sp³-hybridized carbons (Fsp3) is 0.133. The first-order chi connectivity index (χ1) is 8.88. The Kier molecular flexibility index (Phi) is 4.21. The highest BCUT2D eigenvalue weighted by molar-refractivity contribution is 9.11. The first-order valence-electron chi connectivity index (χ1n) is 5.66. The molecule has 0 atom stereocenters. The molecule has 0 saturated heterocycles. The summed E-state index contributed by atoms with van der Waals surface area (Å²) >= 11 is 6.78. The van der Waals surface area contributed by atoms with Crippen molar-refractivity contribution in [1.29, 1.82) is 0 Å². The Hall–Kier alpha value is -1.000. The molecule has 0 spiro atoms. The molecule has 4 heteroatoms. The van der Waals surface area contributed by atoms with Gasteiger partial charge in [0.25, 0.3) is 0 Å². The second-order valence-electron chi connectivity index (χ2n) is 4.43. The smallest absolute Gasteiger partial charge is 0.194 e. The van der Waals surface area contributed by atoms with E-state index in [4.69, 9.17) is 0 Å². The molecule has 0 fully saturated rings. The highest BCUT2D eigenvalue weighted by atomic mass is 79.9. The van der Waals surface area contributed by atoms with Crippen molar-refractivity contribution in [2.45, 2.75) is 13.8 Å². The number of halogens is 3. The van der Waals surface area contributed by atoms with Crippen molar-refractivity contribution in [2.24, 2.45) is 0 Å². The summed E-state index contributed by atoms with van der Waals surface area (Å²) < 4.78 is 14.9. The molecule has 1 nitrogen and oxygen atoms in total. The second kappa shape index (κ2) is 5.55. The average Bonchev–Trinajstić information content (AvgIpc) is 2.31. The minimum Gasteiger partial charge on any atom is -0.289 e. The van der Waals surface area contributed by atoms with Crippen molar-refractivity contribution in [1.82, 2.24) is 0 Å². The van der Waals surface area contributed by atoms with Crippen molar-refractivity contribution in [3.05, 3.63) is 67.3 Å². The van der Waals surface area contributed by atoms with E-state index in [-0.39, 0.29) is 5.78 Å². The van der Waals surface area contributed by atoms with Crippen molar-refractivity contribution in [2.75, 3.05) is 0 Å². The normalized spacial score (nSPS) is 10.6. The molecule has 0 aliphatic carbocycles. The lowest BCUT2D eigenvalue weighted by molar-refractivity contribution is 0.103. The Morgan fingerprint density at radius 3 is 2.32 bits per heavy atom. The summed E-state index contributed by atoms with van der Waals surface area (Å²) in [5, 5.41) is 0. The fourth-order valence-corrected chi connectivity index (χ4v) is 2.82. The van der Waals surface area contributed by atoms with Gasteiger partial charge in [-0.25, -0.2) is 4.39 Å². The molecule has 0 amide bonds. The van der Waals surface area contributed by atoms with Gasteiger partial charge in [-0.2, -0.15) is 0 Å². The van der Waals surface area contributed by atoms with E-state index in [1.807, 2.05) is 13.0 Å². The highest BCUT2D eigenvalue weighted by Gasteiger charge is 2.15. The summed E-state index contributed by atoms with van der Waals surface area (Å²) in [6.45, 7) is 3.70. The van der Waals surface area contributed by atoms with Gasteiger partial charge in [0.15, 0.2) is 5.78 Å². The Bertz CT molecular complexity index is 645. The molecule has 0 heterocycles. The van der Waals surface area contributed by atoms with E-state index in [0.717, 1.165) is 15.6 Å². The van der Waals surface area contributed by atoms with E-state index in [9.17, 15) is 9.18 Å². The number of hydrogen-bond acceptors (Lipinski definition) is 1. The van der Waals surface area contributed by atoms with Crippen molar-refractivity contribution in [3.8, 4) is 0 Å². The van der Waals surface area contributed by atoms with Gasteiger partial charge in [-0.3, -0.25) is 4.79 Å². The summed E-state index contributed by atoms with van der Waals surface area (Å²) in [5.41, 5.74) is 2.63. The minimum absolute atomic E-state index is 0.199. The number of aryl methyl sites for hydroxylation is 2. The van der Waals surface area contributed by atoms with Gasteiger partial charge in [-0.05, 0) is 55.3 Å². The molecule has 0 aromatic heterocycles. The van der Waals surface area contributed by atoms with Gasteiger partial charge in [0.2, 0.25) is 0 Å². The van der Waals surface area contributed by atoms with Crippen LogP contribution in [0.4, 0.5) is 4.39 Å². The molecule has 0 bridgehead atoms. The number of hydrogen-bond donors (Lipinski definition) is 0. The Morgan fingerprint density at radius 2 is 1.68 bits per heavy atom. The van der Waals surface area contributed by atoms with Crippen LogP contribution >= 0.6 is 31.9 Å². The molecule has 0 saturated carbocycles. The summed E-state index contributed by atoms with van der Waals surface area (Å²) in [6, 6.07) is 7.96. The highest BCUT2D eigenvalue weighted by Crippen LogP contribution is 2.27. The lowest BCUT2D eigenvalue weighted by Gasteiger charge is -2.08. The van der Waals surface area contributed by atoms with Crippen LogP contribution in [0.1, 0.15) is 27.0 Å². The zero-order valence-electron chi connectivity index (χ0n) is 10.4. The molecular weight excluding hydrogens is 375 g/mol. The molecule has 19 heavy (non-hydrogen) atoms. The van der Waals surface area contributed by atoms with Crippen LogP contribution in [0, 0.1) is 19.7 Å². The molecule has 0 aliphatic rings. The van der Waals surface area contributed by atoms with Crippen molar-refractivity contribution in [3.63, 3.8) is 0 Å². The third-order valence-corrected chi connectivity index (χ3v) is 4.31. The minimum atomic E-state index is -0.398. The van der Waals surface area contributed by atoms with Crippen LogP contribution in [0.3, 0.4) is 0 Å². The van der Waals surface area contributed by atoms with Gasteiger partial charge >= 0.3 is 0 Å².